The molecule has 0 radical (unpaired) electrons. The summed E-state index contributed by atoms with van der Waals surface area (Å²) in [5.41, 5.74) is 0. The van der Waals surface area contributed by atoms with E-state index in [2.05, 4.69) is 20.3 Å². The Kier molecular flexibility index (Phi) is 12.9. The summed E-state index contributed by atoms with van der Waals surface area (Å²) < 4.78 is 0. The Morgan fingerprint density at radius 3 is 1.50 bits per heavy atom. The topological polar surface area (TPSA) is 0 Å². The van der Waals surface area contributed by atoms with Gasteiger partial charge in [0.05, 0.1) is 0 Å². The Balaban J connectivity index is 0. The Hall–Kier alpha value is 1.85. The van der Waals surface area contributed by atoms with Gasteiger partial charge in [-0.15, -0.1) is 0 Å². The van der Waals surface area contributed by atoms with Gasteiger partial charge in [-0.2, -0.15) is 13.3 Å². The van der Waals surface area contributed by atoms with Gasteiger partial charge in [-0.25, -0.2) is 0 Å². The standard InChI is InChI=1S/C5H11.4ClH.Mo/c1-3-5-4-2;;;;;/h3H,4-5H2,1-2H3;4*1H;/q-1;;;;;+4/p-4. The van der Waals surface area contributed by atoms with E-state index in [1.807, 2.05) is 0 Å². The van der Waals surface area contributed by atoms with Crippen molar-refractivity contribution < 1.29 is 11.9 Å². The summed E-state index contributed by atoms with van der Waals surface area (Å²) in [5.74, 6) is 0. The second-order valence-electron chi connectivity index (χ2n) is 1.55. The van der Waals surface area contributed by atoms with Crippen LogP contribution in [0.5, 0.6) is 0 Å². The van der Waals surface area contributed by atoms with Crippen LogP contribution in [0, 0.1) is 6.42 Å². The first-order valence-electron chi connectivity index (χ1n) is 2.81. The van der Waals surface area contributed by atoms with Crippen LogP contribution < -0.4 is 0 Å². The zero-order valence-electron chi connectivity index (χ0n) is 5.91. The van der Waals surface area contributed by atoms with Gasteiger partial charge < -0.3 is 6.42 Å². The quantitative estimate of drug-likeness (QED) is 0.509. The summed E-state index contributed by atoms with van der Waals surface area (Å²) in [5, 5.41) is 0. The molecule has 5 heteroatoms. The van der Waals surface area contributed by atoms with Gasteiger partial charge >= 0.3 is 49.6 Å². The molecule has 0 aliphatic rings. The molecule has 0 rings (SSSR count). The first kappa shape index (κ1) is 14.4. The fourth-order valence-electron chi connectivity index (χ4n) is 0.289. The molecule has 0 spiro atoms. The number of hydrogen-bond donors (Lipinski definition) is 0. The average molecular weight is 309 g/mol. The van der Waals surface area contributed by atoms with Gasteiger partial charge in [0.25, 0.3) is 0 Å². The van der Waals surface area contributed by atoms with Crippen LogP contribution in [0.1, 0.15) is 26.7 Å². The number of halogens is 4. The monoisotopic (exact) mass is 309 g/mol. The van der Waals surface area contributed by atoms with Gasteiger partial charge in [-0.05, 0) is 0 Å². The van der Waals surface area contributed by atoms with E-state index in [4.69, 9.17) is 37.7 Å². The molecular weight excluding hydrogens is 298 g/mol. The molecule has 0 N–H and O–H groups in total. The van der Waals surface area contributed by atoms with Gasteiger partial charge in [0.1, 0.15) is 0 Å². The van der Waals surface area contributed by atoms with Gasteiger partial charge in [-0.3, -0.25) is 0 Å². The predicted octanol–water partition coefficient (Wildman–Crippen LogP) is 4.77. The van der Waals surface area contributed by atoms with Crippen molar-refractivity contribution in [2.24, 2.45) is 0 Å². The molecule has 0 aromatic carbocycles. The molecule has 0 nitrogen and oxygen atoms in total. The van der Waals surface area contributed by atoms with E-state index in [1.165, 1.54) is 12.8 Å². The fraction of sp³-hybridized carbons (Fsp3) is 0.800. The van der Waals surface area contributed by atoms with Crippen molar-refractivity contribution in [1.29, 1.82) is 0 Å². The van der Waals surface area contributed by atoms with Gasteiger partial charge in [0.15, 0.2) is 0 Å². The molecule has 10 heavy (non-hydrogen) atoms. The molecule has 0 bridgehead atoms. The van der Waals surface area contributed by atoms with Gasteiger partial charge in [-0.1, -0.05) is 13.3 Å². The summed E-state index contributed by atoms with van der Waals surface area (Å²) in [6.45, 7) is 4.27. The fourth-order valence-corrected chi connectivity index (χ4v) is 0.289. The van der Waals surface area contributed by atoms with E-state index >= 15 is 0 Å². The molecule has 0 aromatic heterocycles. The molecule has 0 saturated carbocycles. The van der Waals surface area contributed by atoms with Gasteiger partial charge in [0, 0.05) is 0 Å². The Morgan fingerprint density at radius 2 is 1.50 bits per heavy atom. The van der Waals surface area contributed by atoms with Gasteiger partial charge in [0.2, 0.25) is 0 Å². The molecule has 0 aromatic rings. The molecule has 0 unspecified atom stereocenters. The minimum atomic E-state index is -3.13. The molecule has 0 fully saturated rings. The van der Waals surface area contributed by atoms with E-state index in [1.54, 1.807) is 0 Å². The van der Waals surface area contributed by atoms with Crippen molar-refractivity contribution in [3.05, 3.63) is 6.42 Å². The second-order valence-corrected chi connectivity index (χ2v) is 19.8. The van der Waals surface area contributed by atoms with Crippen molar-refractivity contribution >= 4 is 37.7 Å². The van der Waals surface area contributed by atoms with E-state index in [9.17, 15) is 0 Å². The van der Waals surface area contributed by atoms with Crippen LogP contribution in [-0.2, 0) is 11.9 Å². The van der Waals surface area contributed by atoms with Crippen LogP contribution in [0.3, 0.4) is 0 Å². The SMILES string of the molecule is C[CH-]CCC.[Cl][Mo]([Cl])([Cl])[Cl]. The zero-order chi connectivity index (χ0) is 8.62. The second kappa shape index (κ2) is 8.94. The van der Waals surface area contributed by atoms with Crippen LogP contribution in [0.25, 0.3) is 0 Å². The van der Waals surface area contributed by atoms with Crippen molar-refractivity contribution in [3.63, 3.8) is 0 Å². The van der Waals surface area contributed by atoms with Crippen LogP contribution in [-0.4, -0.2) is 0 Å². The minimum absolute atomic E-state index is 1.26. The summed E-state index contributed by atoms with van der Waals surface area (Å²) in [6.07, 6.45) is 4.73. The van der Waals surface area contributed by atoms with Crippen LogP contribution in [0.4, 0.5) is 0 Å². The maximum atomic E-state index is 5.02. The first-order valence-corrected chi connectivity index (χ1v) is 13.1. The third-order valence-electron chi connectivity index (χ3n) is 0.577. The number of hydrogen-bond acceptors (Lipinski definition) is 0. The molecular formula is C5H11Cl4Mo-. The maximum absolute atomic E-state index is 5.02. The molecule has 0 atom stereocenters. The Labute approximate surface area is 82.1 Å². The number of unbranched alkanes of at least 4 members (excludes halogenated alkanes) is 2. The molecule has 0 aliphatic carbocycles. The predicted molar refractivity (Wildman–Crippen MR) is 48.3 cm³/mol. The summed E-state index contributed by atoms with van der Waals surface area (Å²) in [4.78, 5) is 0. The van der Waals surface area contributed by atoms with Crippen LogP contribution in [0.15, 0.2) is 0 Å². The van der Waals surface area contributed by atoms with Crippen molar-refractivity contribution in [2.75, 3.05) is 0 Å². The third-order valence-corrected chi connectivity index (χ3v) is 0.577. The molecule has 0 amide bonds. The van der Waals surface area contributed by atoms with Crippen molar-refractivity contribution in [2.45, 2.75) is 26.7 Å². The summed E-state index contributed by atoms with van der Waals surface area (Å²) in [6, 6.07) is 0. The van der Waals surface area contributed by atoms with E-state index in [-0.39, 0.29) is 0 Å². The Bertz CT molecular complexity index is 53.2. The first-order chi connectivity index (χ1) is 4.41. The summed E-state index contributed by atoms with van der Waals surface area (Å²) in [7, 11) is 20.1. The number of rotatable bonds is 2. The van der Waals surface area contributed by atoms with Crippen LogP contribution >= 0.6 is 37.7 Å². The summed E-state index contributed by atoms with van der Waals surface area (Å²) >= 11 is -3.13. The molecule has 66 valence electrons. The van der Waals surface area contributed by atoms with Crippen molar-refractivity contribution in [1.82, 2.24) is 0 Å². The normalized spacial score (nSPS) is 11.8. The van der Waals surface area contributed by atoms with E-state index < -0.39 is 11.9 Å². The van der Waals surface area contributed by atoms with E-state index in [0.717, 1.165) is 0 Å². The molecule has 0 saturated heterocycles. The average Bonchev–Trinajstić information content (AvgIpc) is 1.63. The Morgan fingerprint density at radius 1 is 1.20 bits per heavy atom. The third kappa shape index (κ3) is 52.1. The molecule has 0 aliphatic heterocycles. The van der Waals surface area contributed by atoms with Crippen LogP contribution in [0.2, 0.25) is 0 Å². The zero-order valence-corrected chi connectivity index (χ0v) is 10.9. The van der Waals surface area contributed by atoms with Crippen molar-refractivity contribution in [3.8, 4) is 0 Å². The molecule has 0 heterocycles. The van der Waals surface area contributed by atoms with E-state index in [0.29, 0.717) is 0 Å².